The fourth-order valence-electron chi connectivity index (χ4n) is 2.44. The highest BCUT2D eigenvalue weighted by atomic mass is 16.2. The molecule has 1 atom stereocenters. The second-order valence-electron chi connectivity index (χ2n) is 5.90. The summed E-state index contributed by atoms with van der Waals surface area (Å²) in [6.45, 7) is 2.72. The summed E-state index contributed by atoms with van der Waals surface area (Å²) in [5.41, 5.74) is 2.26. The van der Waals surface area contributed by atoms with Gasteiger partial charge in [0.25, 0.3) is 0 Å². The van der Waals surface area contributed by atoms with Gasteiger partial charge in [0, 0.05) is 19.7 Å². The zero-order valence-electron chi connectivity index (χ0n) is 13.4. The average Bonchev–Trinajstić information content (AvgIpc) is 2.55. The molecule has 1 amide bonds. The molecule has 0 saturated carbocycles. The van der Waals surface area contributed by atoms with Crippen molar-refractivity contribution < 1.29 is 4.79 Å². The van der Waals surface area contributed by atoms with Gasteiger partial charge in [-0.25, -0.2) is 0 Å². The second kappa shape index (κ2) is 8.32. The van der Waals surface area contributed by atoms with Crippen molar-refractivity contribution in [1.29, 1.82) is 0 Å². The predicted molar refractivity (Wildman–Crippen MR) is 89.3 cm³/mol. The quantitative estimate of drug-likeness (QED) is 0.780. The van der Waals surface area contributed by atoms with Crippen LogP contribution in [0.3, 0.4) is 0 Å². The number of hydrogen-bond donors (Lipinski definition) is 0. The lowest BCUT2D eigenvalue weighted by Crippen LogP contribution is -2.28. The Morgan fingerprint density at radius 1 is 1.14 bits per heavy atom. The summed E-state index contributed by atoms with van der Waals surface area (Å²) >= 11 is 0. The van der Waals surface area contributed by atoms with Crippen molar-refractivity contribution in [2.75, 3.05) is 7.05 Å². The fraction of sp³-hybridized carbons (Fsp3) is 0.368. The van der Waals surface area contributed by atoms with Crippen molar-refractivity contribution in [2.24, 2.45) is 5.92 Å². The minimum atomic E-state index is 0.186. The van der Waals surface area contributed by atoms with Gasteiger partial charge in [-0.15, -0.1) is 0 Å². The van der Waals surface area contributed by atoms with Gasteiger partial charge in [-0.1, -0.05) is 43.3 Å². The molecule has 0 radical (unpaired) electrons. The molecule has 0 bridgehead atoms. The van der Waals surface area contributed by atoms with Crippen LogP contribution >= 0.6 is 0 Å². The van der Waals surface area contributed by atoms with Gasteiger partial charge in [0.1, 0.15) is 0 Å². The number of carbonyl (C=O) groups is 1. The number of nitrogens with zero attached hydrogens (tertiary/aromatic N) is 2. The number of aryl methyl sites for hydroxylation is 1. The Kier molecular flexibility index (Phi) is 6.13. The molecule has 2 aromatic rings. The molecular formula is C19H24N2O. The largest absolute Gasteiger partial charge is 0.340 e. The second-order valence-corrected chi connectivity index (χ2v) is 5.90. The first-order valence-corrected chi connectivity index (χ1v) is 7.83. The van der Waals surface area contributed by atoms with E-state index < -0.39 is 0 Å². The van der Waals surface area contributed by atoms with Crippen LogP contribution in [0, 0.1) is 5.92 Å². The van der Waals surface area contributed by atoms with Gasteiger partial charge in [-0.3, -0.25) is 9.78 Å². The van der Waals surface area contributed by atoms with E-state index in [0.29, 0.717) is 18.9 Å². The maximum atomic E-state index is 12.3. The Balaban J connectivity index is 1.75. The van der Waals surface area contributed by atoms with E-state index in [0.717, 1.165) is 18.5 Å². The van der Waals surface area contributed by atoms with E-state index in [-0.39, 0.29) is 5.91 Å². The zero-order valence-corrected chi connectivity index (χ0v) is 13.4. The first-order valence-electron chi connectivity index (χ1n) is 7.83. The first-order chi connectivity index (χ1) is 10.6. The molecule has 1 aromatic heterocycles. The normalized spacial score (nSPS) is 11.9. The Bertz CT molecular complexity index is 569. The smallest absolute Gasteiger partial charge is 0.222 e. The Labute approximate surface area is 133 Å². The fourth-order valence-corrected chi connectivity index (χ4v) is 2.44. The molecule has 0 fully saturated rings. The van der Waals surface area contributed by atoms with Gasteiger partial charge in [0.05, 0.1) is 12.2 Å². The van der Waals surface area contributed by atoms with E-state index in [1.54, 1.807) is 11.1 Å². The number of pyridine rings is 1. The van der Waals surface area contributed by atoms with Crippen LogP contribution in [0.2, 0.25) is 0 Å². The minimum Gasteiger partial charge on any atom is -0.340 e. The topological polar surface area (TPSA) is 33.2 Å². The summed E-state index contributed by atoms with van der Waals surface area (Å²) in [4.78, 5) is 18.3. The van der Waals surface area contributed by atoms with Gasteiger partial charge in [-0.2, -0.15) is 0 Å². The molecule has 0 spiro atoms. The lowest BCUT2D eigenvalue weighted by atomic mass is 9.98. The van der Waals surface area contributed by atoms with Gasteiger partial charge in [0.15, 0.2) is 0 Å². The SMILES string of the molecule is CC(CCc1ccccc1)CC(=O)N(C)Cc1ccccn1. The molecule has 3 heteroatoms. The van der Waals surface area contributed by atoms with Crippen LogP contribution in [0.25, 0.3) is 0 Å². The van der Waals surface area contributed by atoms with Crippen LogP contribution in [-0.2, 0) is 17.8 Å². The molecule has 3 nitrogen and oxygen atoms in total. The van der Waals surface area contributed by atoms with Crippen LogP contribution in [0.4, 0.5) is 0 Å². The summed E-state index contributed by atoms with van der Waals surface area (Å²) < 4.78 is 0. The molecule has 1 unspecified atom stereocenters. The van der Waals surface area contributed by atoms with E-state index in [1.807, 2.05) is 31.3 Å². The summed E-state index contributed by atoms with van der Waals surface area (Å²) in [7, 11) is 1.85. The highest BCUT2D eigenvalue weighted by molar-refractivity contribution is 5.76. The number of amides is 1. The van der Waals surface area contributed by atoms with Crippen LogP contribution in [-0.4, -0.2) is 22.8 Å². The number of carbonyl (C=O) groups excluding carboxylic acids is 1. The first kappa shape index (κ1) is 16.2. The maximum Gasteiger partial charge on any atom is 0.222 e. The van der Waals surface area contributed by atoms with Crippen LogP contribution in [0.1, 0.15) is 31.0 Å². The third kappa shape index (κ3) is 5.32. The molecule has 0 aliphatic heterocycles. The summed E-state index contributed by atoms with van der Waals surface area (Å²) in [5, 5.41) is 0. The number of benzene rings is 1. The summed E-state index contributed by atoms with van der Waals surface area (Å²) in [6.07, 6.45) is 4.42. The van der Waals surface area contributed by atoms with Gasteiger partial charge in [-0.05, 0) is 36.5 Å². The van der Waals surface area contributed by atoms with Crippen LogP contribution < -0.4 is 0 Å². The molecule has 2 rings (SSSR count). The zero-order chi connectivity index (χ0) is 15.8. The highest BCUT2D eigenvalue weighted by Gasteiger charge is 2.14. The molecule has 0 N–H and O–H groups in total. The lowest BCUT2D eigenvalue weighted by Gasteiger charge is -2.19. The summed E-state index contributed by atoms with van der Waals surface area (Å²) in [6, 6.07) is 16.2. The van der Waals surface area contributed by atoms with Gasteiger partial charge >= 0.3 is 0 Å². The van der Waals surface area contributed by atoms with Crippen molar-refractivity contribution in [3.05, 3.63) is 66.0 Å². The standard InChI is InChI=1S/C19H24N2O/c1-16(11-12-17-8-4-3-5-9-17)14-19(22)21(2)15-18-10-6-7-13-20-18/h3-10,13,16H,11-12,14-15H2,1-2H3. The van der Waals surface area contributed by atoms with Crippen molar-refractivity contribution in [2.45, 2.75) is 32.7 Å². The van der Waals surface area contributed by atoms with Crippen molar-refractivity contribution >= 4 is 5.91 Å². The molecule has 22 heavy (non-hydrogen) atoms. The van der Waals surface area contributed by atoms with E-state index in [9.17, 15) is 4.79 Å². The highest BCUT2D eigenvalue weighted by Crippen LogP contribution is 2.14. The number of aromatic nitrogens is 1. The van der Waals surface area contributed by atoms with Crippen molar-refractivity contribution in [1.82, 2.24) is 9.88 Å². The molecule has 0 aliphatic carbocycles. The van der Waals surface area contributed by atoms with E-state index in [1.165, 1.54) is 5.56 Å². The van der Waals surface area contributed by atoms with E-state index >= 15 is 0 Å². The molecule has 0 saturated heterocycles. The molecular weight excluding hydrogens is 272 g/mol. The average molecular weight is 296 g/mol. The third-order valence-electron chi connectivity index (χ3n) is 3.84. The Morgan fingerprint density at radius 3 is 2.55 bits per heavy atom. The summed E-state index contributed by atoms with van der Waals surface area (Å²) in [5.74, 6) is 0.574. The Hall–Kier alpha value is -2.16. The predicted octanol–water partition coefficient (Wildman–Crippen LogP) is 3.70. The monoisotopic (exact) mass is 296 g/mol. The van der Waals surface area contributed by atoms with Crippen LogP contribution in [0.15, 0.2) is 54.7 Å². The number of hydrogen-bond acceptors (Lipinski definition) is 2. The minimum absolute atomic E-state index is 0.186. The van der Waals surface area contributed by atoms with Gasteiger partial charge in [0.2, 0.25) is 5.91 Å². The molecule has 116 valence electrons. The van der Waals surface area contributed by atoms with Crippen molar-refractivity contribution in [3.8, 4) is 0 Å². The molecule has 0 aliphatic rings. The van der Waals surface area contributed by atoms with Crippen molar-refractivity contribution in [3.63, 3.8) is 0 Å². The Morgan fingerprint density at radius 2 is 1.86 bits per heavy atom. The van der Waals surface area contributed by atoms with Crippen LogP contribution in [0.5, 0.6) is 0 Å². The van der Waals surface area contributed by atoms with E-state index in [2.05, 4.69) is 36.2 Å². The van der Waals surface area contributed by atoms with Gasteiger partial charge < -0.3 is 4.90 Å². The molecule has 1 aromatic carbocycles. The number of rotatable bonds is 7. The third-order valence-corrected chi connectivity index (χ3v) is 3.84. The molecule has 1 heterocycles. The van der Waals surface area contributed by atoms with E-state index in [4.69, 9.17) is 0 Å². The lowest BCUT2D eigenvalue weighted by molar-refractivity contribution is -0.131. The maximum absolute atomic E-state index is 12.3.